The predicted molar refractivity (Wildman–Crippen MR) is 105 cm³/mol. The Kier molecular flexibility index (Phi) is 5.66. The first-order valence-electron chi connectivity index (χ1n) is 8.69. The van der Waals surface area contributed by atoms with Crippen LogP contribution in [0.25, 0.3) is 0 Å². The van der Waals surface area contributed by atoms with Crippen LogP contribution in [-0.4, -0.2) is 25.8 Å². The first-order valence-corrected chi connectivity index (χ1v) is 10.9. The molecule has 2 aromatic rings. The number of halogens is 1. The molecule has 25 heavy (non-hydrogen) atoms. The molecule has 0 bridgehead atoms. The summed E-state index contributed by atoms with van der Waals surface area (Å²) in [4.78, 5) is 0.440. The van der Waals surface area contributed by atoms with Crippen molar-refractivity contribution in [2.24, 2.45) is 5.92 Å². The number of aryl methyl sites for hydroxylation is 2. The number of nitrogens with zero attached hydrogens (tertiary/aromatic N) is 1. The summed E-state index contributed by atoms with van der Waals surface area (Å²) in [6, 6.07) is 14.1. The third kappa shape index (κ3) is 4.15. The fraction of sp³-hybridized carbons (Fsp3) is 0.400. The van der Waals surface area contributed by atoms with Crippen molar-refractivity contribution in [2.45, 2.75) is 38.0 Å². The SMILES string of the molecule is Cc1cc(S(=O)(=O)N2CCC(Cc3ccccc3)CC2)c(C)cc1Br. The summed E-state index contributed by atoms with van der Waals surface area (Å²) in [5, 5.41) is 0. The molecule has 1 saturated heterocycles. The zero-order valence-corrected chi connectivity index (χ0v) is 17.1. The molecule has 0 unspecified atom stereocenters. The van der Waals surface area contributed by atoms with Crippen LogP contribution in [0.5, 0.6) is 0 Å². The second-order valence-corrected chi connectivity index (χ2v) is 9.66. The highest BCUT2D eigenvalue weighted by molar-refractivity contribution is 9.10. The topological polar surface area (TPSA) is 37.4 Å². The average Bonchev–Trinajstić information content (AvgIpc) is 2.59. The summed E-state index contributed by atoms with van der Waals surface area (Å²) >= 11 is 3.47. The van der Waals surface area contributed by atoms with Gasteiger partial charge in [0.15, 0.2) is 0 Å². The molecule has 1 heterocycles. The van der Waals surface area contributed by atoms with E-state index in [1.807, 2.05) is 26.0 Å². The van der Waals surface area contributed by atoms with Crippen molar-refractivity contribution in [1.82, 2.24) is 4.31 Å². The van der Waals surface area contributed by atoms with Crippen molar-refractivity contribution in [3.05, 3.63) is 63.6 Å². The van der Waals surface area contributed by atoms with Gasteiger partial charge in [0.05, 0.1) is 4.90 Å². The zero-order chi connectivity index (χ0) is 18.0. The minimum atomic E-state index is -3.42. The Morgan fingerprint density at radius 3 is 2.32 bits per heavy atom. The summed E-state index contributed by atoms with van der Waals surface area (Å²) in [7, 11) is -3.42. The standard InChI is InChI=1S/C20H24BrNO2S/c1-15-13-20(16(2)12-19(15)21)25(23,24)22-10-8-18(9-11-22)14-17-6-4-3-5-7-17/h3-7,12-13,18H,8-11,14H2,1-2H3. The van der Waals surface area contributed by atoms with Crippen LogP contribution in [0.3, 0.4) is 0 Å². The van der Waals surface area contributed by atoms with E-state index in [0.29, 0.717) is 23.9 Å². The molecule has 1 aliphatic heterocycles. The van der Waals surface area contributed by atoms with Gasteiger partial charge < -0.3 is 0 Å². The molecule has 0 saturated carbocycles. The highest BCUT2D eigenvalue weighted by Crippen LogP contribution is 2.30. The lowest BCUT2D eigenvalue weighted by atomic mass is 9.91. The summed E-state index contributed by atoms with van der Waals surface area (Å²) in [5.74, 6) is 0.557. The largest absolute Gasteiger partial charge is 0.243 e. The number of hydrogen-bond donors (Lipinski definition) is 0. The Bertz CT molecular complexity index is 841. The minimum absolute atomic E-state index is 0.440. The number of sulfonamides is 1. The molecule has 0 aliphatic carbocycles. The quantitative estimate of drug-likeness (QED) is 0.716. The molecule has 0 N–H and O–H groups in total. The predicted octanol–water partition coefficient (Wildman–Crippen LogP) is 4.71. The molecule has 0 spiro atoms. The molecule has 3 rings (SSSR count). The molecule has 0 radical (unpaired) electrons. The number of rotatable bonds is 4. The van der Waals surface area contributed by atoms with Crippen LogP contribution in [0, 0.1) is 19.8 Å². The lowest BCUT2D eigenvalue weighted by molar-refractivity contribution is 0.272. The van der Waals surface area contributed by atoms with Gasteiger partial charge in [-0.1, -0.05) is 46.3 Å². The van der Waals surface area contributed by atoms with Crippen LogP contribution in [0.15, 0.2) is 51.8 Å². The van der Waals surface area contributed by atoms with Gasteiger partial charge in [-0.15, -0.1) is 0 Å². The third-order valence-electron chi connectivity index (χ3n) is 5.01. The summed E-state index contributed by atoms with van der Waals surface area (Å²) in [6.07, 6.45) is 2.87. The van der Waals surface area contributed by atoms with Crippen molar-refractivity contribution < 1.29 is 8.42 Å². The molecule has 5 heteroatoms. The van der Waals surface area contributed by atoms with Crippen LogP contribution < -0.4 is 0 Å². The van der Waals surface area contributed by atoms with Crippen LogP contribution in [-0.2, 0) is 16.4 Å². The lowest BCUT2D eigenvalue weighted by Gasteiger charge is -2.31. The maximum Gasteiger partial charge on any atom is 0.243 e. The molecule has 1 aliphatic rings. The van der Waals surface area contributed by atoms with E-state index in [2.05, 4.69) is 40.2 Å². The molecular weight excluding hydrogens is 398 g/mol. The van der Waals surface area contributed by atoms with E-state index in [-0.39, 0.29) is 0 Å². The van der Waals surface area contributed by atoms with Gasteiger partial charge in [0, 0.05) is 17.6 Å². The molecule has 0 aromatic heterocycles. The van der Waals surface area contributed by atoms with Gasteiger partial charge in [-0.2, -0.15) is 4.31 Å². The molecule has 3 nitrogen and oxygen atoms in total. The maximum absolute atomic E-state index is 13.0. The Hall–Kier alpha value is -1.17. The normalized spacial score (nSPS) is 16.9. The Morgan fingerprint density at radius 2 is 1.68 bits per heavy atom. The minimum Gasteiger partial charge on any atom is -0.207 e. The van der Waals surface area contributed by atoms with Crippen molar-refractivity contribution in [3.63, 3.8) is 0 Å². The van der Waals surface area contributed by atoms with E-state index in [9.17, 15) is 8.42 Å². The molecule has 134 valence electrons. The Balaban J connectivity index is 1.71. The van der Waals surface area contributed by atoms with Crippen LogP contribution in [0.1, 0.15) is 29.5 Å². The van der Waals surface area contributed by atoms with Crippen molar-refractivity contribution in [3.8, 4) is 0 Å². The summed E-state index contributed by atoms with van der Waals surface area (Å²) in [6.45, 7) is 5.00. The van der Waals surface area contributed by atoms with E-state index >= 15 is 0 Å². The highest BCUT2D eigenvalue weighted by atomic mass is 79.9. The van der Waals surface area contributed by atoms with Gasteiger partial charge in [-0.05, 0) is 67.9 Å². The zero-order valence-electron chi connectivity index (χ0n) is 14.7. The number of benzene rings is 2. The van der Waals surface area contributed by atoms with Crippen LogP contribution >= 0.6 is 15.9 Å². The fourth-order valence-corrected chi connectivity index (χ4v) is 5.69. The van der Waals surface area contributed by atoms with E-state index in [1.165, 1.54) is 5.56 Å². The van der Waals surface area contributed by atoms with Crippen LogP contribution in [0.4, 0.5) is 0 Å². The first kappa shape index (κ1) is 18.6. The van der Waals surface area contributed by atoms with Gasteiger partial charge in [0.2, 0.25) is 10.0 Å². The van der Waals surface area contributed by atoms with Crippen molar-refractivity contribution >= 4 is 26.0 Å². The molecule has 1 fully saturated rings. The summed E-state index contributed by atoms with van der Waals surface area (Å²) < 4.78 is 28.7. The van der Waals surface area contributed by atoms with E-state index in [0.717, 1.165) is 34.9 Å². The second kappa shape index (κ2) is 7.60. The van der Waals surface area contributed by atoms with Gasteiger partial charge >= 0.3 is 0 Å². The average molecular weight is 422 g/mol. The maximum atomic E-state index is 13.0. The number of hydrogen-bond acceptors (Lipinski definition) is 2. The monoisotopic (exact) mass is 421 g/mol. The van der Waals surface area contributed by atoms with Crippen LogP contribution in [0.2, 0.25) is 0 Å². The van der Waals surface area contributed by atoms with E-state index < -0.39 is 10.0 Å². The molecular formula is C20H24BrNO2S. The second-order valence-electron chi connectivity index (χ2n) is 6.90. The van der Waals surface area contributed by atoms with Crippen molar-refractivity contribution in [1.29, 1.82) is 0 Å². The molecule has 0 atom stereocenters. The molecule has 2 aromatic carbocycles. The lowest BCUT2D eigenvalue weighted by Crippen LogP contribution is -2.39. The fourth-order valence-electron chi connectivity index (χ4n) is 3.47. The van der Waals surface area contributed by atoms with Gasteiger partial charge in [-0.25, -0.2) is 8.42 Å². The van der Waals surface area contributed by atoms with E-state index in [1.54, 1.807) is 10.4 Å². The van der Waals surface area contributed by atoms with Gasteiger partial charge in [0.1, 0.15) is 0 Å². The molecule has 0 amide bonds. The van der Waals surface area contributed by atoms with E-state index in [4.69, 9.17) is 0 Å². The summed E-state index contributed by atoms with van der Waals surface area (Å²) in [5.41, 5.74) is 3.08. The van der Waals surface area contributed by atoms with Gasteiger partial charge in [0.25, 0.3) is 0 Å². The smallest absolute Gasteiger partial charge is 0.207 e. The highest BCUT2D eigenvalue weighted by Gasteiger charge is 2.30. The third-order valence-corrected chi connectivity index (χ3v) is 7.91. The van der Waals surface area contributed by atoms with Gasteiger partial charge in [-0.3, -0.25) is 0 Å². The Morgan fingerprint density at radius 1 is 1.04 bits per heavy atom. The van der Waals surface area contributed by atoms with Crippen molar-refractivity contribution in [2.75, 3.05) is 13.1 Å². The first-order chi connectivity index (χ1) is 11.9. The Labute approximate surface area is 159 Å². The number of piperidine rings is 1.